The van der Waals surface area contributed by atoms with Crippen molar-refractivity contribution in [3.05, 3.63) is 72.6 Å². The molecule has 0 unspecified atom stereocenters. The number of benzene rings is 2. The molecular weight excluding hydrogens is 344 g/mol. The molecule has 3 heteroatoms. The lowest BCUT2D eigenvalue weighted by atomic mass is 9.87. The fourth-order valence-electron chi connectivity index (χ4n) is 4.38. The van der Waals surface area contributed by atoms with Crippen molar-refractivity contribution in [3.8, 4) is 5.75 Å². The van der Waals surface area contributed by atoms with Gasteiger partial charge in [-0.15, -0.1) is 6.58 Å². The van der Waals surface area contributed by atoms with Crippen LogP contribution in [-0.4, -0.2) is 9.55 Å². The van der Waals surface area contributed by atoms with Gasteiger partial charge in [-0.2, -0.15) is 0 Å². The van der Waals surface area contributed by atoms with E-state index in [-0.39, 0.29) is 0 Å². The third-order valence-electron chi connectivity index (χ3n) is 5.91. The van der Waals surface area contributed by atoms with E-state index in [1.54, 1.807) is 0 Å². The third-order valence-corrected chi connectivity index (χ3v) is 5.91. The number of ether oxygens (including phenoxy) is 1. The predicted molar refractivity (Wildman–Crippen MR) is 116 cm³/mol. The Labute approximate surface area is 168 Å². The zero-order valence-electron chi connectivity index (χ0n) is 16.6. The first-order chi connectivity index (χ1) is 13.8. The number of fused-ring (bicyclic) bond motifs is 1. The first-order valence-electron chi connectivity index (χ1n) is 10.6. The molecule has 1 aliphatic carbocycles. The van der Waals surface area contributed by atoms with E-state index in [0.29, 0.717) is 6.61 Å². The van der Waals surface area contributed by atoms with Crippen LogP contribution in [0.1, 0.15) is 49.9 Å². The van der Waals surface area contributed by atoms with Crippen LogP contribution in [0.25, 0.3) is 11.0 Å². The molecule has 1 heterocycles. The Morgan fingerprint density at radius 3 is 2.68 bits per heavy atom. The van der Waals surface area contributed by atoms with Crippen molar-refractivity contribution in [2.45, 2.75) is 58.1 Å². The highest BCUT2D eigenvalue weighted by molar-refractivity contribution is 5.75. The summed E-state index contributed by atoms with van der Waals surface area (Å²) in [4.78, 5) is 4.88. The smallest absolute Gasteiger partial charge is 0.147 e. The minimum absolute atomic E-state index is 0.494. The SMILES string of the molecule is C=CCc1ccccc1OCc1nc2ccccc2n1CCC1CCCCC1. The quantitative estimate of drug-likeness (QED) is 0.432. The summed E-state index contributed by atoms with van der Waals surface area (Å²) in [6, 6.07) is 16.6. The second-order valence-corrected chi connectivity index (χ2v) is 7.85. The molecule has 2 aromatic carbocycles. The lowest BCUT2D eigenvalue weighted by Gasteiger charge is -2.22. The second kappa shape index (κ2) is 9.09. The standard InChI is InChI=1S/C25H30N2O/c1-2-10-21-13-6-9-16-24(21)28-19-25-26-22-14-7-8-15-23(22)27(25)18-17-20-11-4-3-5-12-20/h2,6-9,13-16,20H,1,3-5,10-12,17-19H2. The van der Waals surface area contributed by atoms with E-state index >= 15 is 0 Å². The van der Waals surface area contributed by atoms with Gasteiger partial charge in [0.25, 0.3) is 0 Å². The summed E-state index contributed by atoms with van der Waals surface area (Å²) in [5.41, 5.74) is 3.45. The fourth-order valence-corrected chi connectivity index (χ4v) is 4.38. The molecule has 0 atom stereocenters. The number of allylic oxidation sites excluding steroid dienone is 1. The number of aromatic nitrogens is 2. The molecule has 1 aromatic heterocycles. The summed E-state index contributed by atoms with van der Waals surface area (Å²) in [5, 5.41) is 0. The van der Waals surface area contributed by atoms with Gasteiger partial charge in [0.15, 0.2) is 0 Å². The largest absolute Gasteiger partial charge is 0.485 e. The summed E-state index contributed by atoms with van der Waals surface area (Å²) >= 11 is 0. The minimum atomic E-state index is 0.494. The molecule has 0 radical (unpaired) electrons. The van der Waals surface area contributed by atoms with Gasteiger partial charge in [-0.1, -0.05) is 68.5 Å². The number of aryl methyl sites for hydroxylation is 1. The van der Waals surface area contributed by atoms with Crippen molar-refractivity contribution in [1.29, 1.82) is 0 Å². The maximum Gasteiger partial charge on any atom is 0.147 e. The summed E-state index contributed by atoms with van der Waals surface area (Å²) in [7, 11) is 0. The Morgan fingerprint density at radius 2 is 1.82 bits per heavy atom. The Balaban J connectivity index is 1.53. The summed E-state index contributed by atoms with van der Waals surface area (Å²) in [5.74, 6) is 2.80. The molecule has 28 heavy (non-hydrogen) atoms. The number of hydrogen-bond donors (Lipinski definition) is 0. The van der Waals surface area contributed by atoms with Crippen LogP contribution < -0.4 is 4.74 Å². The molecule has 3 nitrogen and oxygen atoms in total. The molecule has 1 saturated carbocycles. The summed E-state index contributed by atoms with van der Waals surface area (Å²) < 4.78 is 8.58. The highest BCUT2D eigenvalue weighted by Crippen LogP contribution is 2.28. The van der Waals surface area contributed by atoms with Crippen molar-refractivity contribution in [2.24, 2.45) is 5.92 Å². The van der Waals surface area contributed by atoms with E-state index in [0.717, 1.165) is 36.0 Å². The van der Waals surface area contributed by atoms with E-state index in [1.165, 1.54) is 49.6 Å². The van der Waals surface area contributed by atoms with Gasteiger partial charge in [0, 0.05) is 6.54 Å². The van der Waals surface area contributed by atoms with Gasteiger partial charge in [-0.05, 0) is 42.5 Å². The molecule has 0 spiro atoms. The van der Waals surface area contributed by atoms with Crippen molar-refractivity contribution in [1.82, 2.24) is 9.55 Å². The van der Waals surface area contributed by atoms with Gasteiger partial charge in [0.2, 0.25) is 0 Å². The van der Waals surface area contributed by atoms with Gasteiger partial charge >= 0.3 is 0 Å². The first kappa shape index (κ1) is 18.8. The van der Waals surface area contributed by atoms with Gasteiger partial charge < -0.3 is 9.30 Å². The second-order valence-electron chi connectivity index (χ2n) is 7.85. The number of rotatable bonds is 8. The molecule has 0 saturated heterocycles. The highest BCUT2D eigenvalue weighted by atomic mass is 16.5. The molecule has 0 aliphatic heterocycles. The molecule has 0 bridgehead atoms. The Bertz CT molecular complexity index is 921. The maximum absolute atomic E-state index is 6.21. The molecular formula is C25H30N2O. The van der Waals surface area contributed by atoms with E-state index in [9.17, 15) is 0 Å². The van der Waals surface area contributed by atoms with Crippen LogP contribution in [-0.2, 0) is 19.6 Å². The lowest BCUT2D eigenvalue weighted by Crippen LogP contribution is -2.13. The molecule has 146 valence electrons. The normalized spacial score (nSPS) is 15.0. The third kappa shape index (κ3) is 4.30. The number of nitrogens with zero attached hydrogens (tertiary/aromatic N) is 2. The van der Waals surface area contributed by atoms with E-state index < -0.39 is 0 Å². The number of para-hydroxylation sites is 3. The van der Waals surface area contributed by atoms with Crippen LogP contribution in [0.15, 0.2) is 61.2 Å². The Hall–Kier alpha value is -2.55. The Morgan fingerprint density at radius 1 is 1.04 bits per heavy atom. The van der Waals surface area contributed by atoms with Crippen LogP contribution in [0.4, 0.5) is 0 Å². The molecule has 0 N–H and O–H groups in total. The van der Waals surface area contributed by atoms with Crippen LogP contribution in [0, 0.1) is 5.92 Å². The van der Waals surface area contributed by atoms with E-state index in [4.69, 9.17) is 9.72 Å². The fraction of sp³-hybridized carbons (Fsp3) is 0.400. The lowest BCUT2D eigenvalue weighted by molar-refractivity contribution is 0.281. The zero-order valence-corrected chi connectivity index (χ0v) is 16.6. The van der Waals surface area contributed by atoms with Gasteiger partial charge in [-0.25, -0.2) is 4.98 Å². The van der Waals surface area contributed by atoms with Crippen LogP contribution >= 0.6 is 0 Å². The summed E-state index contributed by atoms with van der Waals surface area (Å²) in [6.45, 7) is 5.37. The molecule has 4 rings (SSSR count). The van der Waals surface area contributed by atoms with Crippen LogP contribution in [0.2, 0.25) is 0 Å². The van der Waals surface area contributed by atoms with Crippen molar-refractivity contribution in [3.63, 3.8) is 0 Å². The average Bonchev–Trinajstić information content (AvgIpc) is 3.10. The zero-order chi connectivity index (χ0) is 19.2. The molecule has 1 aliphatic rings. The molecule has 3 aromatic rings. The van der Waals surface area contributed by atoms with Crippen LogP contribution in [0.5, 0.6) is 5.75 Å². The van der Waals surface area contributed by atoms with Gasteiger partial charge in [0.1, 0.15) is 18.2 Å². The number of imidazole rings is 1. The van der Waals surface area contributed by atoms with E-state index in [2.05, 4.69) is 41.5 Å². The monoisotopic (exact) mass is 374 g/mol. The van der Waals surface area contributed by atoms with Crippen molar-refractivity contribution < 1.29 is 4.74 Å². The van der Waals surface area contributed by atoms with Gasteiger partial charge in [0.05, 0.1) is 11.0 Å². The topological polar surface area (TPSA) is 27.1 Å². The molecule has 0 amide bonds. The highest BCUT2D eigenvalue weighted by Gasteiger charge is 2.16. The van der Waals surface area contributed by atoms with Crippen LogP contribution in [0.3, 0.4) is 0 Å². The maximum atomic E-state index is 6.21. The average molecular weight is 375 g/mol. The number of hydrogen-bond acceptors (Lipinski definition) is 2. The predicted octanol–water partition coefficient (Wildman–Crippen LogP) is 6.31. The van der Waals surface area contributed by atoms with Gasteiger partial charge in [-0.3, -0.25) is 0 Å². The summed E-state index contributed by atoms with van der Waals surface area (Å²) in [6.07, 6.45) is 10.9. The Kier molecular flexibility index (Phi) is 6.11. The molecule has 1 fully saturated rings. The first-order valence-corrected chi connectivity index (χ1v) is 10.6. The van der Waals surface area contributed by atoms with Crippen molar-refractivity contribution >= 4 is 11.0 Å². The minimum Gasteiger partial charge on any atom is -0.485 e. The van der Waals surface area contributed by atoms with E-state index in [1.807, 2.05) is 24.3 Å². The van der Waals surface area contributed by atoms with Crippen molar-refractivity contribution in [2.75, 3.05) is 0 Å².